The van der Waals surface area contributed by atoms with Gasteiger partial charge in [-0.15, -0.1) is 0 Å². The molecule has 7 rings (SSSR count). The van der Waals surface area contributed by atoms with E-state index in [-0.39, 0.29) is 66.9 Å². The molecule has 7 aliphatic rings. The molecule has 0 aromatic rings. The molecule has 0 aliphatic carbocycles. The second kappa shape index (κ2) is 19.9. The van der Waals surface area contributed by atoms with E-state index < -0.39 is 102 Å². The van der Waals surface area contributed by atoms with Gasteiger partial charge in [0.2, 0.25) is 0 Å². The minimum Gasteiger partial charge on any atom is -0.481 e. The Morgan fingerprint density at radius 3 is 2.08 bits per heavy atom. The smallest absolute Gasteiger partial charge is 0.308 e. The summed E-state index contributed by atoms with van der Waals surface area (Å²) in [5.74, 6) is -7.18. The van der Waals surface area contributed by atoms with Crippen LogP contribution in [0, 0.1) is 29.6 Å². The van der Waals surface area contributed by atoms with Crippen molar-refractivity contribution in [3.8, 4) is 0 Å². The standard InChI is InChI=1S/C47H80O17.H3N/c1-23-18-24(2)45(9,51)61-36(23)31-19-32(58-35-20-30(53-10)40(55-12)28(6)57-35)42(59-31)44(8)15-14-33(60-44)43(7)16-17-46(64-43)21-29(48)25(3)37(62-46)26(4)38-41(56-13)39(54-11)27(5)47(52,63-38)22-34(49)50;/h23-33,35-42,48,51-52H,14-22H2,1-13H3,(H,49,50);1H3/t23-,24+,25+,26+,27-,28-,29-,30-,31?,32-,33+,35+,36-,37-,38-,39-,40-,41-,42+,43-,44-,45-,46+,47+;/m0./s1. The van der Waals surface area contributed by atoms with Gasteiger partial charge in [0.05, 0.1) is 78.7 Å². The highest BCUT2D eigenvalue weighted by atomic mass is 16.7. The predicted octanol–water partition coefficient (Wildman–Crippen LogP) is 4.48. The van der Waals surface area contributed by atoms with E-state index in [2.05, 4.69) is 13.8 Å². The molecule has 0 radical (unpaired) electrons. The van der Waals surface area contributed by atoms with Gasteiger partial charge >= 0.3 is 5.97 Å². The van der Waals surface area contributed by atoms with Crippen LogP contribution >= 0.6 is 0 Å². The Balaban J connectivity index is 0.00000700. The number of carboxylic acid groups (broad SMARTS) is 1. The van der Waals surface area contributed by atoms with Gasteiger partial charge in [0, 0.05) is 77.8 Å². The number of aliphatic carboxylic acids is 1. The molecule has 378 valence electrons. The summed E-state index contributed by atoms with van der Waals surface area (Å²) in [4.78, 5) is 11.9. The normalized spacial score (nSPS) is 53.2. The van der Waals surface area contributed by atoms with E-state index in [1.165, 1.54) is 14.2 Å². The first kappa shape index (κ1) is 53.2. The topological polar surface area (TPSA) is 244 Å². The SMILES string of the molecule is CO[C@@H]1[C@@H](OC)[C@H](C)[C@@](O)(CC(=O)O)O[C@H]1[C@H](C)[C@H]1O[C@@]2(CC[C@@](C)([C@H]3CC[C@@](C)([C@@H]4OC([C@H]5O[C@](C)(O)[C@H](C)C[C@@H]5C)C[C@@H]4O[C@@H]4C[C@H](OC)[C@@H](OC)[C@H](C)O4)O3)O2)C[C@H](O)[C@H]1C.N. The van der Waals surface area contributed by atoms with Crippen molar-refractivity contribution in [2.75, 3.05) is 28.4 Å². The highest BCUT2D eigenvalue weighted by Gasteiger charge is 2.64. The summed E-state index contributed by atoms with van der Waals surface area (Å²) in [5, 5.41) is 44.3. The highest BCUT2D eigenvalue weighted by Crippen LogP contribution is 2.55. The Hall–Kier alpha value is -1.17. The van der Waals surface area contributed by atoms with Crippen molar-refractivity contribution in [2.24, 2.45) is 29.6 Å². The lowest BCUT2D eigenvalue weighted by molar-refractivity contribution is -0.365. The molecule has 1 spiro atoms. The summed E-state index contributed by atoms with van der Waals surface area (Å²) in [6.07, 6.45) is -3.18. The third kappa shape index (κ3) is 10.1. The number of aliphatic hydroxyl groups excluding tert-OH is 1. The molecule has 7 fully saturated rings. The molecule has 24 atom stereocenters. The predicted molar refractivity (Wildman–Crippen MR) is 233 cm³/mol. The van der Waals surface area contributed by atoms with Crippen LogP contribution in [-0.2, 0) is 61.6 Å². The zero-order chi connectivity index (χ0) is 46.9. The van der Waals surface area contributed by atoms with Crippen LogP contribution in [0.1, 0.15) is 120 Å². The maximum absolute atomic E-state index is 11.9. The molecule has 0 aromatic heterocycles. The molecule has 65 heavy (non-hydrogen) atoms. The number of methoxy groups -OCH3 is 4. The lowest BCUT2D eigenvalue weighted by Crippen LogP contribution is -2.65. The van der Waals surface area contributed by atoms with Gasteiger partial charge in [-0.25, -0.2) is 0 Å². The fourth-order valence-corrected chi connectivity index (χ4v) is 12.7. The first-order valence-corrected chi connectivity index (χ1v) is 23.8. The lowest BCUT2D eigenvalue weighted by atomic mass is 9.75. The van der Waals surface area contributed by atoms with Gasteiger partial charge in [-0.2, -0.15) is 0 Å². The monoisotopic (exact) mass is 934 g/mol. The number of rotatable bonds is 13. The van der Waals surface area contributed by atoms with E-state index in [4.69, 9.17) is 56.8 Å². The minimum absolute atomic E-state index is 0. The van der Waals surface area contributed by atoms with Crippen molar-refractivity contribution in [3.63, 3.8) is 0 Å². The Morgan fingerprint density at radius 2 is 1.45 bits per heavy atom. The first-order chi connectivity index (χ1) is 30.0. The van der Waals surface area contributed by atoms with Crippen LogP contribution in [0.15, 0.2) is 0 Å². The molecule has 0 bridgehead atoms. The third-order valence-corrected chi connectivity index (χ3v) is 16.8. The lowest BCUT2D eigenvalue weighted by Gasteiger charge is -2.53. The van der Waals surface area contributed by atoms with Crippen molar-refractivity contribution < 1.29 is 82.1 Å². The summed E-state index contributed by atoms with van der Waals surface area (Å²) in [6.45, 7) is 17.5. The van der Waals surface area contributed by atoms with Crippen molar-refractivity contribution in [1.29, 1.82) is 0 Å². The molecule has 7 aliphatic heterocycles. The van der Waals surface area contributed by atoms with E-state index in [1.807, 2.05) is 34.6 Å². The molecule has 7 N–H and O–H groups in total. The highest BCUT2D eigenvalue weighted by molar-refractivity contribution is 5.68. The molecule has 1 unspecified atom stereocenters. The van der Waals surface area contributed by atoms with E-state index in [1.54, 1.807) is 28.1 Å². The van der Waals surface area contributed by atoms with Crippen LogP contribution in [0.4, 0.5) is 0 Å². The number of carboxylic acids is 1. The van der Waals surface area contributed by atoms with Gasteiger partial charge < -0.3 is 83.4 Å². The fraction of sp³-hybridized carbons (Fsp3) is 0.979. The average molecular weight is 934 g/mol. The Bertz CT molecular complexity index is 1610. The summed E-state index contributed by atoms with van der Waals surface area (Å²) >= 11 is 0. The van der Waals surface area contributed by atoms with Crippen molar-refractivity contribution in [1.82, 2.24) is 6.15 Å². The summed E-state index contributed by atoms with van der Waals surface area (Å²) in [7, 11) is 6.37. The van der Waals surface area contributed by atoms with E-state index in [0.29, 0.717) is 38.5 Å². The second-order valence-electron chi connectivity index (χ2n) is 21.3. The molecular weight excluding hydrogens is 851 g/mol. The third-order valence-electron chi connectivity index (χ3n) is 16.8. The second-order valence-corrected chi connectivity index (χ2v) is 21.3. The van der Waals surface area contributed by atoms with E-state index in [0.717, 1.165) is 6.42 Å². The number of ether oxygens (including phenoxy) is 12. The molecule has 7 heterocycles. The maximum Gasteiger partial charge on any atom is 0.308 e. The van der Waals surface area contributed by atoms with Crippen LogP contribution < -0.4 is 6.15 Å². The van der Waals surface area contributed by atoms with E-state index >= 15 is 0 Å². The molecular formula is C47H83NO17. The van der Waals surface area contributed by atoms with Crippen LogP contribution in [0.5, 0.6) is 0 Å². The zero-order valence-corrected chi connectivity index (χ0v) is 41.1. The summed E-state index contributed by atoms with van der Waals surface area (Å²) in [5.41, 5.74) is -1.60. The number of aliphatic hydroxyl groups is 3. The summed E-state index contributed by atoms with van der Waals surface area (Å²) < 4.78 is 77.6. The zero-order valence-electron chi connectivity index (χ0n) is 41.1. The van der Waals surface area contributed by atoms with Gasteiger partial charge in [-0.1, -0.05) is 34.6 Å². The number of carbonyl (C=O) groups is 1. The Kier molecular flexibility index (Phi) is 16.3. The average Bonchev–Trinajstić information content (AvgIpc) is 3.94. The molecule has 18 nitrogen and oxygen atoms in total. The van der Waals surface area contributed by atoms with Gasteiger partial charge in [-0.3, -0.25) is 4.79 Å². The molecule has 0 aromatic carbocycles. The van der Waals surface area contributed by atoms with Gasteiger partial charge in [0.25, 0.3) is 0 Å². The molecule has 7 saturated heterocycles. The Labute approximate surface area is 385 Å². The Morgan fingerprint density at radius 1 is 0.769 bits per heavy atom. The minimum atomic E-state index is -2.03. The van der Waals surface area contributed by atoms with Gasteiger partial charge in [0.15, 0.2) is 23.7 Å². The van der Waals surface area contributed by atoms with Crippen molar-refractivity contribution >= 4 is 5.97 Å². The maximum atomic E-state index is 11.9. The largest absolute Gasteiger partial charge is 0.481 e. The first-order valence-electron chi connectivity index (χ1n) is 23.8. The fourth-order valence-electron chi connectivity index (χ4n) is 12.7. The van der Waals surface area contributed by atoms with Crippen LogP contribution in [-0.4, -0.2) is 169 Å². The van der Waals surface area contributed by atoms with Gasteiger partial charge in [0.1, 0.15) is 18.3 Å². The molecule has 18 heteroatoms. The number of hydrogen-bond acceptors (Lipinski definition) is 17. The van der Waals surface area contributed by atoms with Crippen LogP contribution in [0.25, 0.3) is 0 Å². The van der Waals surface area contributed by atoms with Crippen LogP contribution in [0.3, 0.4) is 0 Å². The molecule has 0 amide bonds. The molecule has 0 saturated carbocycles. The van der Waals surface area contributed by atoms with Crippen LogP contribution in [0.2, 0.25) is 0 Å². The number of hydrogen-bond donors (Lipinski definition) is 5. The van der Waals surface area contributed by atoms with Gasteiger partial charge in [-0.05, 0) is 59.3 Å². The quantitative estimate of drug-likeness (QED) is 0.171. The summed E-state index contributed by atoms with van der Waals surface area (Å²) in [6, 6.07) is 0. The van der Waals surface area contributed by atoms with Crippen molar-refractivity contribution in [2.45, 2.75) is 234 Å². The van der Waals surface area contributed by atoms with E-state index in [9.17, 15) is 25.2 Å². The van der Waals surface area contributed by atoms with Crippen molar-refractivity contribution in [3.05, 3.63) is 0 Å².